The largest absolute Gasteiger partial charge is 0.325 e. The fraction of sp³-hybridized carbons (Fsp3) is 0.643. The van der Waals surface area contributed by atoms with Gasteiger partial charge in [0.2, 0.25) is 0 Å². The molecule has 0 atom stereocenters. The van der Waals surface area contributed by atoms with Crippen molar-refractivity contribution in [2.75, 3.05) is 0 Å². The van der Waals surface area contributed by atoms with Gasteiger partial charge in [0.25, 0.3) is 5.91 Å². The average molecular weight is 293 g/mol. The molecule has 1 aliphatic carbocycles. The number of rotatable bonds is 2. The van der Waals surface area contributed by atoms with E-state index in [0.717, 1.165) is 36.4 Å². The molecule has 0 aromatic carbocycles. The zero-order chi connectivity index (χ0) is 14.3. The molecule has 3 rings (SSSR count). The molecule has 3 amide bonds. The highest BCUT2D eigenvalue weighted by Gasteiger charge is 2.51. The van der Waals surface area contributed by atoms with Crippen LogP contribution in [0.4, 0.5) is 4.79 Å². The molecule has 1 aromatic rings. The van der Waals surface area contributed by atoms with Crippen molar-refractivity contribution in [1.82, 2.24) is 15.2 Å². The first-order valence-electron chi connectivity index (χ1n) is 7.05. The summed E-state index contributed by atoms with van der Waals surface area (Å²) in [5.41, 5.74) is 0.145. The topological polar surface area (TPSA) is 62.3 Å². The van der Waals surface area contributed by atoms with Crippen LogP contribution in [0.3, 0.4) is 0 Å². The highest BCUT2D eigenvalue weighted by atomic mass is 32.1. The van der Waals surface area contributed by atoms with Gasteiger partial charge >= 0.3 is 6.03 Å². The van der Waals surface area contributed by atoms with Gasteiger partial charge in [0.1, 0.15) is 5.54 Å². The molecular weight excluding hydrogens is 274 g/mol. The van der Waals surface area contributed by atoms with E-state index < -0.39 is 5.54 Å². The summed E-state index contributed by atoms with van der Waals surface area (Å²) in [6, 6.07) is -0.268. The molecule has 1 saturated carbocycles. The number of carbonyl (C=O) groups is 2. The number of aryl methyl sites for hydroxylation is 1. The van der Waals surface area contributed by atoms with E-state index in [0.29, 0.717) is 5.92 Å². The molecule has 2 fully saturated rings. The SMILES string of the molecule is Cc1nc(CN2C(=O)NC3(CCC(C)CC3)C2=O)cs1. The van der Waals surface area contributed by atoms with E-state index in [4.69, 9.17) is 0 Å². The summed E-state index contributed by atoms with van der Waals surface area (Å²) >= 11 is 1.54. The fourth-order valence-electron chi connectivity index (χ4n) is 3.06. The molecule has 108 valence electrons. The summed E-state index contributed by atoms with van der Waals surface area (Å²) < 4.78 is 0. The second-order valence-corrected chi connectivity index (χ2v) is 7.01. The first-order chi connectivity index (χ1) is 9.50. The lowest BCUT2D eigenvalue weighted by Crippen LogP contribution is -2.49. The van der Waals surface area contributed by atoms with Crippen LogP contribution < -0.4 is 5.32 Å². The van der Waals surface area contributed by atoms with Crippen LogP contribution in [0.1, 0.15) is 43.3 Å². The Kier molecular flexibility index (Phi) is 3.28. The Balaban J connectivity index is 1.77. The predicted octanol–water partition coefficient (Wildman–Crippen LogP) is 2.45. The Morgan fingerprint density at radius 2 is 2.15 bits per heavy atom. The molecule has 0 radical (unpaired) electrons. The monoisotopic (exact) mass is 293 g/mol. The van der Waals surface area contributed by atoms with Gasteiger partial charge in [0, 0.05) is 5.38 Å². The minimum atomic E-state index is -0.644. The summed E-state index contributed by atoms with van der Waals surface area (Å²) in [6.45, 7) is 4.40. The predicted molar refractivity (Wildman–Crippen MR) is 76.3 cm³/mol. The van der Waals surface area contributed by atoms with Gasteiger partial charge in [-0.15, -0.1) is 11.3 Å². The second-order valence-electron chi connectivity index (χ2n) is 5.94. The van der Waals surface area contributed by atoms with Gasteiger partial charge in [-0.05, 0) is 38.5 Å². The quantitative estimate of drug-likeness (QED) is 0.852. The summed E-state index contributed by atoms with van der Waals surface area (Å²) in [6.07, 6.45) is 3.50. The number of thiazole rings is 1. The summed E-state index contributed by atoms with van der Waals surface area (Å²) in [5, 5.41) is 5.79. The van der Waals surface area contributed by atoms with Crippen LogP contribution in [0.15, 0.2) is 5.38 Å². The van der Waals surface area contributed by atoms with Gasteiger partial charge in [-0.1, -0.05) is 6.92 Å². The minimum Gasteiger partial charge on any atom is -0.323 e. The van der Waals surface area contributed by atoms with Crippen molar-refractivity contribution < 1.29 is 9.59 Å². The zero-order valence-electron chi connectivity index (χ0n) is 11.8. The first-order valence-corrected chi connectivity index (χ1v) is 7.93. The number of nitrogens with zero attached hydrogens (tertiary/aromatic N) is 2. The van der Waals surface area contributed by atoms with E-state index in [1.165, 1.54) is 16.2 Å². The maximum absolute atomic E-state index is 12.6. The highest BCUT2D eigenvalue weighted by Crippen LogP contribution is 2.36. The lowest BCUT2D eigenvalue weighted by atomic mass is 9.77. The van der Waals surface area contributed by atoms with Crippen LogP contribution in [0.2, 0.25) is 0 Å². The second kappa shape index (κ2) is 4.84. The van der Waals surface area contributed by atoms with Crippen LogP contribution in [0.25, 0.3) is 0 Å². The minimum absolute atomic E-state index is 0.0694. The standard InChI is InChI=1S/C14H19N3O2S/c1-9-3-5-14(6-4-9)12(18)17(13(19)16-14)7-11-8-20-10(2)15-11/h8-9H,3-7H2,1-2H3,(H,16,19). The Hall–Kier alpha value is -1.43. The molecular formula is C14H19N3O2S. The van der Waals surface area contributed by atoms with E-state index in [9.17, 15) is 9.59 Å². The number of urea groups is 1. The normalized spacial score (nSPS) is 30.1. The van der Waals surface area contributed by atoms with E-state index in [1.807, 2.05) is 12.3 Å². The number of amides is 3. The third kappa shape index (κ3) is 2.22. The van der Waals surface area contributed by atoms with Crippen molar-refractivity contribution >= 4 is 23.3 Å². The number of aromatic nitrogens is 1. The molecule has 1 N–H and O–H groups in total. The molecule has 6 heteroatoms. The summed E-state index contributed by atoms with van der Waals surface area (Å²) in [4.78, 5) is 30.4. The van der Waals surface area contributed by atoms with Crippen LogP contribution in [-0.2, 0) is 11.3 Å². The smallest absolute Gasteiger partial charge is 0.323 e. The third-order valence-corrected chi connectivity index (χ3v) is 5.18. The molecule has 1 saturated heterocycles. The summed E-state index contributed by atoms with van der Waals surface area (Å²) in [5.74, 6) is 0.570. The molecule has 0 bridgehead atoms. The molecule has 1 aliphatic heterocycles. The third-order valence-electron chi connectivity index (χ3n) is 4.36. The average Bonchev–Trinajstić information content (AvgIpc) is 2.92. The van der Waals surface area contributed by atoms with Gasteiger partial charge in [0.05, 0.1) is 17.2 Å². The first kappa shape index (κ1) is 13.5. The van der Waals surface area contributed by atoms with Gasteiger partial charge in [-0.3, -0.25) is 9.69 Å². The summed E-state index contributed by atoms with van der Waals surface area (Å²) in [7, 11) is 0. The molecule has 1 aromatic heterocycles. The van der Waals surface area contributed by atoms with Gasteiger partial charge in [-0.2, -0.15) is 0 Å². The van der Waals surface area contributed by atoms with Crippen LogP contribution >= 0.6 is 11.3 Å². The maximum atomic E-state index is 12.6. The number of imide groups is 1. The fourth-order valence-corrected chi connectivity index (χ4v) is 3.66. The van der Waals surface area contributed by atoms with Gasteiger partial charge < -0.3 is 5.32 Å². The van der Waals surface area contributed by atoms with Crippen molar-refractivity contribution in [3.05, 3.63) is 16.1 Å². The molecule has 1 spiro atoms. The van der Waals surface area contributed by atoms with E-state index in [2.05, 4.69) is 17.2 Å². The van der Waals surface area contributed by atoms with Crippen molar-refractivity contribution in [3.63, 3.8) is 0 Å². The van der Waals surface area contributed by atoms with Gasteiger partial charge in [0.15, 0.2) is 0 Å². The number of hydrogen-bond acceptors (Lipinski definition) is 4. The molecule has 0 unspecified atom stereocenters. The van der Waals surface area contributed by atoms with Crippen LogP contribution in [0.5, 0.6) is 0 Å². The Labute approximate surface area is 122 Å². The number of carbonyl (C=O) groups excluding carboxylic acids is 2. The van der Waals surface area contributed by atoms with Crippen molar-refractivity contribution in [1.29, 1.82) is 0 Å². The molecule has 2 heterocycles. The van der Waals surface area contributed by atoms with Crippen molar-refractivity contribution in [2.45, 2.75) is 51.6 Å². The van der Waals surface area contributed by atoms with Crippen LogP contribution in [0, 0.1) is 12.8 Å². The lowest BCUT2D eigenvalue weighted by molar-refractivity contribution is -0.133. The molecule has 5 nitrogen and oxygen atoms in total. The van der Waals surface area contributed by atoms with E-state index >= 15 is 0 Å². The zero-order valence-corrected chi connectivity index (χ0v) is 12.6. The van der Waals surface area contributed by atoms with Crippen molar-refractivity contribution in [3.8, 4) is 0 Å². The number of nitrogens with one attached hydrogen (secondary N) is 1. The lowest BCUT2D eigenvalue weighted by Gasteiger charge is -2.33. The van der Waals surface area contributed by atoms with Crippen LogP contribution in [-0.4, -0.2) is 27.4 Å². The Morgan fingerprint density at radius 1 is 1.45 bits per heavy atom. The van der Waals surface area contributed by atoms with E-state index in [1.54, 1.807) is 0 Å². The highest BCUT2D eigenvalue weighted by molar-refractivity contribution is 7.09. The van der Waals surface area contributed by atoms with E-state index in [-0.39, 0.29) is 18.5 Å². The maximum Gasteiger partial charge on any atom is 0.325 e. The molecule has 20 heavy (non-hydrogen) atoms. The van der Waals surface area contributed by atoms with Crippen molar-refractivity contribution in [2.24, 2.45) is 5.92 Å². The Morgan fingerprint density at radius 3 is 2.75 bits per heavy atom. The Bertz CT molecular complexity index is 546. The number of hydrogen-bond donors (Lipinski definition) is 1. The van der Waals surface area contributed by atoms with Gasteiger partial charge in [-0.25, -0.2) is 9.78 Å². The molecule has 2 aliphatic rings.